The van der Waals surface area contributed by atoms with Crippen LogP contribution < -0.4 is 15.4 Å². The van der Waals surface area contributed by atoms with E-state index in [-0.39, 0.29) is 30.0 Å². The number of nitrogens with zero attached hydrogens (tertiary/aromatic N) is 3. The summed E-state index contributed by atoms with van der Waals surface area (Å²) < 4.78 is 5.63. The SMILES string of the molecule is CC(C)N1CCN(C(=O)Oc2ccc(C(=O)NC3CCC3)cn2)C(C2CCNCC2)C1. The number of piperidine rings is 1. The van der Waals surface area contributed by atoms with Crippen molar-refractivity contribution >= 4 is 12.0 Å². The lowest BCUT2D eigenvalue weighted by atomic mass is 9.87. The van der Waals surface area contributed by atoms with Crippen molar-refractivity contribution in [2.75, 3.05) is 32.7 Å². The highest BCUT2D eigenvalue weighted by atomic mass is 16.6. The van der Waals surface area contributed by atoms with Gasteiger partial charge in [0.05, 0.1) is 11.6 Å². The maximum absolute atomic E-state index is 13.1. The molecule has 2 aliphatic heterocycles. The lowest BCUT2D eigenvalue weighted by Crippen LogP contribution is -2.60. The Bertz CT molecular complexity index is 759. The van der Waals surface area contributed by atoms with Gasteiger partial charge in [-0.15, -0.1) is 0 Å². The monoisotopic (exact) mass is 429 g/mol. The van der Waals surface area contributed by atoms with Crippen molar-refractivity contribution in [1.29, 1.82) is 0 Å². The molecule has 0 radical (unpaired) electrons. The van der Waals surface area contributed by atoms with E-state index >= 15 is 0 Å². The van der Waals surface area contributed by atoms with Crippen molar-refractivity contribution in [3.63, 3.8) is 0 Å². The van der Waals surface area contributed by atoms with Crippen LogP contribution in [-0.2, 0) is 0 Å². The lowest BCUT2D eigenvalue weighted by molar-refractivity contribution is 0.0268. The third kappa shape index (κ3) is 5.36. The van der Waals surface area contributed by atoms with E-state index < -0.39 is 0 Å². The largest absolute Gasteiger partial charge is 0.416 e. The first-order chi connectivity index (χ1) is 15.0. The zero-order valence-corrected chi connectivity index (χ0v) is 18.7. The van der Waals surface area contributed by atoms with Crippen LogP contribution in [0.15, 0.2) is 18.3 Å². The van der Waals surface area contributed by atoms with E-state index in [1.165, 1.54) is 12.6 Å². The molecule has 3 fully saturated rings. The fourth-order valence-corrected chi connectivity index (χ4v) is 4.70. The zero-order valence-electron chi connectivity index (χ0n) is 18.7. The number of piperazine rings is 1. The van der Waals surface area contributed by atoms with Gasteiger partial charge in [-0.25, -0.2) is 9.78 Å². The first kappa shape index (κ1) is 22.0. The van der Waals surface area contributed by atoms with Gasteiger partial charge in [-0.2, -0.15) is 0 Å². The molecule has 1 atom stereocenters. The summed E-state index contributed by atoms with van der Waals surface area (Å²) in [5, 5.41) is 6.41. The molecule has 1 aromatic rings. The first-order valence-corrected chi connectivity index (χ1v) is 11.7. The molecule has 0 aromatic carbocycles. The number of ether oxygens (including phenoxy) is 1. The van der Waals surface area contributed by atoms with Gasteiger partial charge in [-0.05, 0) is 71.0 Å². The van der Waals surface area contributed by atoms with Crippen LogP contribution in [0.25, 0.3) is 0 Å². The predicted octanol–water partition coefficient (Wildman–Crippen LogP) is 2.26. The second-order valence-electron chi connectivity index (χ2n) is 9.29. The minimum Gasteiger partial charge on any atom is -0.391 e. The fraction of sp³-hybridized carbons (Fsp3) is 0.696. The van der Waals surface area contributed by atoms with Gasteiger partial charge in [0.2, 0.25) is 5.88 Å². The topological polar surface area (TPSA) is 86.8 Å². The van der Waals surface area contributed by atoms with Crippen LogP contribution >= 0.6 is 0 Å². The Morgan fingerprint density at radius 2 is 1.94 bits per heavy atom. The molecule has 3 aliphatic rings. The quantitative estimate of drug-likeness (QED) is 0.747. The molecule has 8 heteroatoms. The van der Waals surface area contributed by atoms with Crippen LogP contribution in [-0.4, -0.2) is 77.6 Å². The van der Waals surface area contributed by atoms with E-state index in [1.54, 1.807) is 12.1 Å². The standard InChI is InChI=1S/C23H35N5O3/c1-16(2)27-12-13-28(20(15-27)17-8-10-24-11-9-17)23(30)31-21-7-6-18(14-25-21)22(29)26-19-4-3-5-19/h6-7,14,16-17,19-20,24H,3-5,8-13,15H2,1-2H3,(H,26,29). The number of rotatable bonds is 5. The Morgan fingerprint density at radius 1 is 1.16 bits per heavy atom. The normalized spacial score (nSPS) is 23.5. The number of carbonyl (C=O) groups is 2. The number of carbonyl (C=O) groups excluding carboxylic acids is 2. The summed E-state index contributed by atoms with van der Waals surface area (Å²) in [6.07, 6.45) is 6.53. The van der Waals surface area contributed by atoms with Gasteiger partial charge in [0.1, 0.15) is 0 Å². The average Bonchev–Trinajstić information content (AvgIpc) is 2.76. The molecule has 1 aliphatic carbocycles. The van der Waals surface area contributed by atoms with Crippen molar-refractivity contribution in [3.05, 3.63) is 23.9 Å². The van der Waals surface area contributed by atoms with Gasteiger partial charge in [0.15, 0.2) is 0 Å². The van der Waals surface area contributed by atoms with Crippen LogP contribution in [0.2, 0.25) is 0 Å². The molecular formula is C23H35N5O3. The summed E-state index contributed by atoms with van der Waals surface area (Å²) in [5.74, 6) is 0.590. The number of aromatic nitrogens is 1. The zero-order chi connectivity index (χ0) is 21.8. The average molecular weight is 430 g/mol. The van der Waals surface area contributed by atoms with E-state index in [9.17, 15) is 9.59 Å². The molecule has 0 bridgehead atoms. The number of pyridine rings is 1. The molecule has 31 heavy (non-hydrogen) atoms. The molecule has 2 N–H and O–H groups in total. The van der Waals surface area contributed by atoms with E-state index in [2.05, 4.69) is 34.4 Å². The predicted molar refractivity (Wildman–Crippen MR) is 118 cm³/mol. The van der Waals surface area contributed by atoms with Gasteiger partial charge in [-0.3, -0.25) is 9.69 Å². The van der Waals surface area contributed by atoms with Crippen molar-refractivity contribution in [3.8, 4) is 5.88 Å². The Morgan fingerprint density at radius 3 is 2.55 bits per heavy atom. The Balaban J connectivity index is 1.39. The van der Waals surface area contributed by atoms with Crippen molar-refractivity contribution < 1.29 is 14.3 Å². The highest BCUT2D eigenvalue weighted by Crippen LogP contribution is 2.26. The van der Waals surface area contributed by atoms with Gasteiger partial charge >= 0.3 is 6.09 Å². The molecule has 1 unspecified atom stereocenters. The Kier molecular flexibility index (Phi) is 7.07. The molecule has 4 rings (SSSR count). The molecule has 2 amide bonds. The Hall–Kier alpha value is -2.19. The summed E-state index contributed by atoms with van der Waals surface area (Å²) in [6.45, 7) is 8.80. The Labute approximate surface area is 184 Å². The second-order valence-corrected chi connectivity index (χ2v) is 9.29. The fourth-order valence-electron chi connectivity index (χ4n) is 4.70. The van der Waals surface area contributed by atoms with Crippen molar-refractivity contribution in [1.82, 2.24) is 25.4 Å². The molecule has 0 spiro atoms. The maximum atomic E-state index is 13.1. The summed E-state index contributed by atoms with van der Waals surface area (Å²) in [5.41, 5.74) is 0.491. The summed E-state index contributed by atoms with van der Waals surface area (Å²) in [6, 6.07) is 4.17. The van der Waals surface area contributed by atoms with Crippen LogP contribution in [0.5, 0.6) is 5.88 Å². The first-order valence-electron chi connectivity index (χ1n) is 11.7. The second kappa shape index (κ2) is 9.96. The number of hydrogen-bond donors (Lipinski definition) is 2. The van der Waals surface area contributed by atoms with Crippen LogP contribution in [0.1, 0.15) is 56.3 Å². The van der Waals surface area contributed by atoms with Gasteiger partial charge in [0, 0.05) is 44.0 Å². The molecular weight excluding hydrogens is 394 g/mol. The number of nitrogens with one attached hydrogen (secondary N) is 2. The molecule has 8 nitrogen and oxygen atoms in total. The van der Waals surface area contributed by atoms with E-state index in [1.807, 2.05) is 4.90 Å². The lowest BCUT2D eigenvalue weighted by Gasteiger charge is -2.46. The van der Waals surface area contributed by atoms with E-state index in [4.69, 9.17) is 4.74 Å². The third-order valence-electron chi connectivity index (χ3n) is 6.97. The highest BCUT2D eigenvalue weighted by molar-refractivity contribution is 5.94. The molecule has 2 saturated heterocycles. The third-order valence-corrected chi connectivity index (χ3v) is 6.97. The van der Waals surface area contributed by atoms with Crippen LogP contribution in [0, 0.1) is 5.92 Å². The van der Waals surface area contributed by atoms with E-state index in [0.29, 0.717) is 24.1 Å². The van der Waals surface area contributed by atoms with Gasteiger partial charge in [0.25, 0.3) is 5.91 Å². The summed E-state index contributed by atoms with van der Waals surface area (Å²) in [7, 11) is 0. The van der Waals surface area contributed by atoms with Crippen molar-refractivity contribution in [2.24, 2.45) is 5.92 Å². The van der Waals surface area contributed by atoms with Crippen LogP contribution in [0.3, 0.4) is 0 Å². The maximum Gasteiger partial charge on any atom is 0.416 e. The summed E-state index contributed by atoms with van der Waals surface area (Å²) in [4.78, 5) is 33.9. The molecule has 170 valence electrons. The molecule has 1 saturated carbocycles. The minimum atomic E-state index is -0.342. The van der Waals surface area contributed by atoms with Gasteiger partial charge in [-0.1, -0.05) is 0 Å². The number of hydrogen-bond acceptors (Lipinski definition) is 6. The molecule has 3 heterocycles. The molecule has 1 aromatic heterocycles. The number of amides is 2. The highest BCUT2D eigenvalue weighted by Gasteiger charge is 2.38. The smallest absolute Gasteiger partial charge is 0.391 e. The minimum absolute atomic E-state index is 0.120. The van der Waals surface area contributed by atoms with E-state index in [0.717, 1.165) is 51.9 Å². The summed E-state index contributed by atoms with van der Waals surface area (Å²) >= 11 is 0. The van der Waals surface area contributed by atoms with Gasteiger partial charge < -0.3 is 20.3 Å². The van der Waals surface area contributed by atoms with Crippen LogP contribution in [0.4, 0.5) is 4.79 Å². The van der Waals surface area contributed by atoms with Crippen molar-refractivity contribution in [2.45, 2.75) is 64.1 Å².